The fourth-order valence-corrected chi connectivity index (χ4v) is 3.20. The second kappa shape index (κ2) is 9.34. The van der Waals surface area contributed by atoms with Crippen molar-refractivity contribution in [3.05, 3.63) is 42.2 Å². The van der Waals surface area contributed by atoms with Crippen LogP contribution in [0.15, 0.2) is 35.6 Å². The summed E-state index contributed by atoms with van der Waals surface area (Å²) < 4.78 is 18.8. The highest BCUT2D eigenvalue weighted by molar-refractivity contribution is 5.80. The summed E-state index contributed by atoms with van der Waals surface area (Å²) in [6.07, 6.45) is 3.49. The number of aromatic amines is 1. The van der Waals surface area contributed by atoms with Gasteiger partial charge in [0.15, 0.2) is 5.96 Å². The zero-order valence-electron chi connectivity index (χ0n) is 15.9. The number of nitrogens with one attached hydrogen (secondary N) is 2. The molecule has 2 N–H and O–H groups in total. The molecule has 0 aliphatic carbocycles. The molecule has 1 saturated heterocycles. The van der Waals surface area contributed by atoms with Crippen LogP contribution in [-0.2, 0) is 0 Å². The lowest BCUT2D eigenvalue weighted by atomic mass is 9.96. The highest BCUT2D eigenvalue weighted by Gasteiger charge is 2.24. The lowest BCUT2D eigenvalue weighted by Crippen LogP contribution is -2.45. The van der Waals surface area contributed by atoms with Gasteiger partial charge >= 0.3 is 0 Å². The number of H-pyrrole nitrogens is 1. The minimum atomic E-state index is -0.267. The Hall–Kier alpha value is -2.64. The summed E-state index contributed by atoms with van der Waals surface area (Å²) in [6.45, 7) is 7.21. The van der Waals surface area contributed by atoms with Crippen molar-refractivity contribution < 1.29 is 9.13 Å². The number of rotatable bonds is 6. The Labute approximate surface area is 159 Å². The number of hydrogen-bond acceptors (Lipinski definition) is 4. The van der Waals surface area contributed by atoms with Gasteiger partial charge in [-0.2, -0.15) is 5.10 Å². The molecule has 1 aliphatic heterocycles. The third-order valence-corrected chi connectivity index (χ3v) is 4.60. The molecule has 1 unspecified atom stereocenters. The van der Waals surface area contributed by atoms with Gasteiger partial charge in [-0.05, 0) is 51.0 Å². The number of hydrogen-bond donors (Lipinski definition) is 2. The van der Waals surface area contributed by atoms with Gasteiger partial charge in [0.05, 0.1) is 6.54 Å². The number of halogens is 1. The normalized spacial score (nSPS) is 17.0. The Balaban J connectivity index is 1.54. The predicted octanol–water partition coefficient (Wildman–Crippen LogP) is 2.56. The third kappa shape index (κ3) is 5.42. The second-order valence-corrected chi connectivity index (χ2v) is 6.71. The van der Waals surface area contributed by atoms with Gasteiger partial charge in [-0.25, -0.2) is 14.4 Å². The third-order valence-electron chi connectivity index (χ3n) is 4.60. The average Bonchev–Trinajstić information content (AvgIpc) is 3.22. The zero-order valence-corrected chi connectivity index (χ0v) is 15.9. The molecule has 1 aromatic carbocycles. The van der Waals surface area contributed by atoms with E-state index in [1.54, 1.807) is 18.5 Å². The largest absolute Gasteiger partial charge is 0.489 e. The monoisotopic (exact) mass is 374 g/mol. The van der Waals surface area contributed by atoms with E-state index in [1.807, 2.05) is 6.92 Å². The van der Waals surface area contributed by atoms with E-state index in [1.165, 1.54) is 12.1 Å². The molecule has 2 aromatic rings. The molecule has 0 radical (unpaired) electrons. The summed E-state index contributed by atoms with van der Waals surface area (Å²) >= 11 is 0. The molecule has 27 heavy (non-hydrogen) atoms. The summed E-state index contributed by atoms with van der Waals surface area (Å²) in [6, 6.07) is 6.06. The molecule has 7 nitrogen and oxygen atoms in total. The van der Waals surface area contributed by atoms with Crippen molar-refractivity contribution in [3.8, 4) is 5.75 Å². The van der Waals surface area contributed by atoms with Crippen molar-refractivity contribution in [3.63, 3.8) is 0 Å². The maximum atomic E-state index is 13.0. The second-order valence-electron chi connectivity index (χ2n) is 6.71. The fourth-order valence-electron chi connectivity index (χ4n) is 3.20. The lowest BCUT2D eigenvalue weighted by Gasteiger charge is -2.33. The summed E-state index contributed by atoms with van der Waals surface area (Å²) in [7, 11) is 0. The van der Waals surface area contributed by atoms with Gasteiger partial charge in [-0.3, -0.25) is 5.10 Å². The molecule has 1 atom stereocenters. The van der Waals surface area contributed by atoms with E-state index >= 15 is 0 Å². The molecular formula is C19H27FN6O. The summed E-state index contributed by atoms with van der Waals surface area (Å²) in [5.74, 6) is 2.68. The van der Waals surface area contributed by atoms with Crippen LogP contribution in [0, 0.1) is 5.82 Å². The van der Waals surface area contributed by atoms with E-state index < -0.39 is 0 Å². The van der Waals surface area contributed by atoms with E-state index in [9.17, 15) is 4.39 Å². The quantitative estimate of drug-likeness (QED) is 0.600. The molecule has 0 bridgehead atoms. The Morgan fingerprint density at radius 2 is 2.11 bits per heavy atom. The number of ether oxygens (including phenoxy) is 1. The molecule has 8 heteroatoms. The number of aliphatic imine (C=N–C) groups is 1. The first kappa shape index (κ1) is 19.1. The SMILES string of the molecule is CCNC(=NCC(C)Oc1ccc(F)cc1)N1CCC(c2ncn[nH]2)CC1. The Morgan fingerprint density at radius 1 is 1.37 bits per heavy atom. The van der Waals surface area contributed by atoms with Crippen LogP contribution in [0.4, 0.5) is 4.39 Å². The van der Waals surface area contributed by atoms with Crippen LogP contribution in [0.1, 0.15) is 38.4 Å². The van der Waals surface area contributed by atoms with Crippen molar-refractivity contribution in [2.75, 3.05) is 26.2 Å². The minimum Gasteiger partial charge on any atom is -0.489 e. The maximum absolute atomic E-state index is 13.0. The van der Waals surface area contributed by atoms with Crippen LogP contribution >= 0.6 is 0 Å². The molecule has 1 aromatic heterocycles. The number of aromatic nitrogens is 3. The van der Waals surface area contributed by atoms with Crippen molar-refractivity contribution in [1.82, 2.24) is 25.4 Å². The van der Waals surface area contributed by atoms with E-state index in [-0.39, 0.29) is 11.9 Å². The summed E-state index contributed by atoms with van der Waals surface area (Å²) in [5, 5.41) is 10.3. The van der Waals surface area contributed by atoms with Crippen LogP contribution in [0.3, 0.4) is 0 Å². The first-order valence-electron chi connectivity index (χ1n) is 9.46. The summed E-state index contributed by atoms with van der Waals surface area (Å²) in [5.41, 5.74) is 0. The van der Waals surface area contributed by atoms with Gasteiger partial charge < -0.3 is 15.0 Å². The first-order chi connectivity index (χ1) is 13.2. The Bertz CT molecular complexity index is 710. The number of nitrogens with zero attached hydrogens (tertiary/aromatic N) is 4. The number of piperidine rings is 1. The van der Waals surface area contributed by atoms with Gasteiger partial charge in [0, 0.05) is 25.6 Å². The molecule has 1 aliphatic rings. The van der Waals surface area contributed by atoms with Crippen LogP contribution in [0.25, 0.3) is 0 Å². The molecule has 0 spiro atoms. The van der Waals surface area contributed by atoms with Crippen LogP contribution in [-0.4, -0.2) is 58.3 Å². The highest BCUT2D eigenvalue weighted by atomic mass is 19.1. The maximum Gasteiger partial charge on any atom is 0.194 e. The number of guanidine groups is 1. The van der Waals surface area contributed by atoms with Gasteiger partial charge in [0.2, 0.25) is 0 Å². The van der Waals surface area contributed by atoms with Crippen LogP contribution < -0.4 is 10.1 Å². The van der Waals surface area contributed by atoms with Crippen molar-refractivity contribution in [1.29, 1.82) is 0 Å². The Morgan fingerprint density at radius 3 is 2.74 bits per heavy atom. The minimum absolute atomic E-state index is 0.101. The lowest BCUT2D eigenvalue weighted by molar-refractivity contribution is 0.228. The molecule has 146 valence electrons. The van der Waals surface area contributed by atoms with Gasteiger partial charge in [0.1, 0.15) is 29.8 Å². The number of likely N-dealkylation sites (tertiary alicyclic amines) is 1. The van der Waals surface area contributed by atoms with Crippen molar-refractivity contribution in [2.45, 2.75) is 38.7 Å². The smallest absolute Gasteiger partial charge is 0.194 e. The first-order valence-corrected chi connectivity index (χ1v) is 9.46. The average molecular weight is 374 g/mol. The van der Waals surface area contributed by atoms with E-state index in [2.05, 4.69) is 32.3 Å². The predicted molar refractivity (Wildman–Crippen MR) is 102 cm³/mol. The molecule has 1 fully saturated rings. The topological polar surface area (TPSA) is 78.4 Å². The standard InChI is InChI=1S/C19H27FN6O/c1-3-21-19(22-12-14(2)27-17-6-4-16(20)5-7-17)26-10-8-15(9-11-26)18-23-13-24-25-18/h4-7,13-15H,3,8-12H2,1-2H3,(H,21,22)(H,23,24,25). The van der Waals surface area contributed by atoms with Crippen molar-refractivity contribution in [2.24, 2.45) is 4.99 Å². The molecule has 0 amide bonds. The fraction of sp³-hybridized carbons (Fsp3) is 0.526. The van der Waals surface area contributed by atoms with E-state index in [0.29, 0.717) is 18.2 Å². The summed E-state index contributed by atoms with van der Waals surface area (Å²) in [4.78, 5) is 11.3. The van der Waals surface area contributed by atoms with Crippen LogP contribution in [0.5, 0.6) is 5.75 Å². The van der Waals surface area contributed by atoms with Gasteiger partial charge in [0.25, 0.3) is 0 Å². The van der Waals surface area contributed by atoms with Gasteiger partial charge in [-0.15, -0.1) is 0 Å². The molecule has 0 saturated carbocycles. The van der Waals surface area contributed by atoms with Crippen LogP contribution in [0.2, 0.25) is 0 Å². The molecule has 2 heterocycles. The zero-order chi connectivity index (χ0) is 19.1. The van der Waals surface area contributed by atoms with E-state index in [4.69, 9.17) is 9.73 Å². The highest BCUT2D eigenvalue weighted by Crippen LogP contribution is 2.25. The molecule has 3 rings (SSSR count). The van der Waals surface area contributed by atoms with Crippen molar-refractivity contribution >= 4 is 5.96 Å². The molecular weight excluding hydrogens is 347 g/mol. The number of benzene rings is 1. The van der Waals surface area contributed by atoms with Gasteiger partial charge in [-0.1, -0.05) is 0 Å². The van der Waals surface area contributed by atoms with E-state index in [0.717, 1.165) is 44.3 Å². The Kier molecular flexibility index (Phi) is 6.62.